The van der Waals surface area contributed by atoms with Crippen LogP contribution < -0.4 is 5.32 Å². The number of rotatable bonds is 7. The normalized spacial score (nSPS) is 18.0. The second-order valence-corrected chi connectivity index (χ2v) is 10.6. The minimum Gasteiger partial charge on any atom is -0.349 e. The van der Waals surface area contributed by atoms with E-state index in [0.717, 1.165) is 40.5 Å². The molecule has 0 aliphatic heterocycles. The summed E-state index contributed by atoms with van der Waals surface area (Å²) >= 11 is 1.71. The molecule has 2 heterocycles. The second kappa shape index (κ2) is 10.6. The Morgan fingerprint density at radius 3 is 2.54 bits per heavy atom. The van der Waals surface area contributed by atoms with Crippen LogP contribution in [0.3, 0.4) is 0 Å². The van der Waals surface area contributed by atoms with Crippen LogP contribution in [0.15, 0.2) is 72.1 Å². The van der Waals surface area contributed by atoms with Gasteiger partial charge in [0.2, 0.25) is 0 Å². The SMILES string of the molecule is Cc1ccc(Cn2c(SCc3ccc(C(=O)N[C@H]4CCCC[C@H]4C)cc3)nc3ccncc32)cc1. The minimum atomic E-state index is 0.0374. The first-order chi connectivity index (χ1) is 17.1. The van der Waals surface area contributed by atoms with Crippen molar-refractivity contribution >= 4 is 28.7 Å². The van der Waals surface area contributed by atoms with Crippen LogP contribution in [0.2, 0.25) is 0 Å². The zero-order valence-electron chi connectivity index (χ0n) is 20.4. The molecular formula is C29H32N4OS. The Morgan fingerprint density at radius 2 is 1.77 bits per heavy atom. The van der Waals surface area contributed by atoms with Crippen LogP contribution in [-0.4, -0.2) is 26.5 Å². The zero-order chi connectivity index (χ0) is 24.2. The van der Waals surface area contributed by atoms with E-state index in [9.17, 15) is 4.79 Å². The lowest BCUT2D eigenvalue weighted by atomic mass is 9.86. The molecule has 1 amide bonds. The molecule has 1 saturated carbocycles. The fraction of sp³-hybridized carbons (Fsp3) is 0.345. The number of nitrogens with one attached hydrogen (secondary N) is 1. The molecule has 180 valence electrons. The van der Waals surface area contributed by atoms with Crippen molar-refractivity contribution in [3.05, 3.63) is 89.2 Å². The van der Waals surface area contributed by atoms with E-state index in [4.69, 9.17) is 4.98 Å². The second-order valence-electron chi connectivity index (χ2n) is 9.66. The largest absolute Gasteiger partial charge is 0.349 e. The third-order valence-electron chi connectivity index (χ3n) is 6.99. The molecule has 0 spiro atoms. The summed E-state index contributed by atoms with van der Waals surface area (Å²) in [6, 6.07) is 18.9. The highest BCUT2D eigenvalue weighted by Crippen LogP contribution is 2.28. The van der Waals surface area contributed by atoms with Gasteiger partial charge in [0, 0.05) is 23.6 Å². The number of hydrogen-bond donors (Lipinski definition) is 1. The lowest BCUT2D eigenvalue weighted by Gasteiger charge is -2.29. The van der Waals surface area contributed by atoms with Crippen LogP contribution in [-0.2, 0) is 12.3 Å². The number of benzene rings is 2. The predicted octanol–water partition coefficient (Wildman–Crippen LogP) is 6.39. The Hall–Kier alpha value is -3.12. The number of nitrogens with zero attached hydrogens (tertiary/aromatic N) is 3. The molecule has 5 nitrogen and oxygen atoms in total. The number of thioether (sulfide) groups is 1. The summed E-state index contributed by atoms with van der Waals surface area (Å²) in [5.74, 6) is 1.37. The quantitative estimate of drug-likeness (QED) is 0.309. The molecule has 0 saturated heterocycles. The number of carbonyl (C=O) groups excluding carboxylic acids is 1. The van der Waals surface area contributed by atoms with Gasteiger partial charge < -0.3 is 9.88 Å². The number of imidazole rings is 1. The molecule has 35 heavy (non-hydrogen) atoms. The average Bonchev–Trinajstić information content (AvgIpc) is 3.23. The van der Waals surface area contributed by atoms with Gasteiger partial charge in [0.1, 0.15) is 0 Å². The Bertz CT molecular complexity index is 1300. The molecule has 1 aliphatic carbocycles. The van der Waals surface area contributed by atoms with Crippen LogP contribution in [0.4, 0.5) is 0 Å². The van der Waals surface area contributed by atoms with E-state index in [2.05, 4.69) is 65.1 Å². The standard InChI is InChI=1S/C29H32N4OS/c1-20-7-9-22(10-8-20)18-33-27-17-30-16-15-26(27)32-29(33)35-19-23-11-13-24(14-12-23)28(34)31-25-6-4-3-5-21(25)2/h7-17,21,25H,3-6,18-19H2,1-2H3,(H,31,34)/t21-,25+/m1/s1. The van der Waals surface area contributed by atoms with Crippen molar-refractivity contribution in [3.8, 4) is 0 Å². The van der Waals surface area contributed by atoms with E-state index < -0.39 is 0 Å². The van der Waals surface area contributed by atoms with Crippen LogP contribution in [0.25, 0.3) is 11.0 Å². The zero-order valence-corrected chi connectivity index (χ0v) is 21.2. The number of amides is 1. The van der Waals surface area contributed by atoms with E-state index in [0.29, 0.717) is 12.0 Å². The van der Waals surface area contributed by atoms with Gasteiger partial charge in [-0.05, 0) is 55.0 Å². The van der Waals surface area contributed by atoms with Crippen molar-refractivity contribution in [1.29, 1.82) is 0 Å². The fourth-order valence-corrected chi connectivity index (χ4v) is 5.74. The van der Waals surface area contributed by atoms with E-state index >= 15 is 0 Å². The Kier molecular flexibility index (Phi) is 7.19. The summed E-state index contributed by atoms with van der Waals surface area (Å²) < 4.78 is 2.24. The first kappa shape index (κ1) is 23.6. The number of fused-ring (bicyclic) bond motifs is 1. The lowest BCUT2D eigenvalue weighted by molar-refractivity contribution is 0.0910. The molecule has 1 aliphatic rings. The van der Waals surface area contributed by atoms with Gasteiger partial charge in [-0.15, -0.1) is 0 Å². The molecule has 2 atom stereocenters. The molecule has 5 rings (SSSR count). The van der Waals surface area contributed by atoms with Gasteiger partial charge in [0.05, 0.1) is 23.8 Å². The number of aryl methyl sites for hydroxylation is 1. The highest BCUT2D eigenvalue weighted by molar-refractivity contribution is 7.98. The van der Waals surface area contributed by atoms with Gasteiger partial charge in [-0.2, -0.15) is 0 Å². The van der Waals surface area contributed by atoms with Gasteiger partial charge in [-0.1, -0.05) is 73.5 Å². The van der Waals surface area contributed by atoms with E-state index in [1.54, 1.807) is 18.0 Å². The summed E-state index contributed by atoms with van der Waals surface area (Å²) in [7, 11) is 0. The van der Waals surface area contributed by atoms with E-state index in [1.807, 2.05) is 24.4 Å². The highest BCUT2D eigenvalue weighted by Gasteiger charge is 2.23. The molecule has 0 radical (unpaired) electrons. The van der Waals surface area contributed by atoms with Gasteiger partial charge in [-0.25, -0.2) is 4.98 Å². The topological polar surface area (TPSA) is 59.8 Å². The third kappa shape index (κ3) is 5.59. The van der Waals surface area contributed by atoms with Gasteiger partial charge >= 0.3 is 0 Å². The number of aromatic nitrogens is 3. The van der Waals surface area contributed by atoms with Crippen molar-refractivity contribution in [3.63, 3.8) is 0 Å². The molecule has 0 bridgehead atoms. The third-order valence-corrected chi connectivity index (χ3v) is 8.04. The monoisotopic (exact) mass is 484 g/mol. The fourth-order valence-electron chi connectivity index (χ4n) is 4.77. The van der Waals surface area contributed by atoms with Gasteiger partial charge in [0.15, 0.2) is 5.16 Å². The molecule has 2 aromatic carbocycles. The van der Waals surface area contributed by atoms with Crippen molar-refractivity contribution in [2.45, 2.75) is 63.0 Å². The molecule has 1 fully saturated rings. The molecule has 6 heteroatoms. The first-order valence-corrected chi connectivity index (χ1v) is 13.4. The summed E-state index contributed by atoms with van der Waals surface area (Å²) in [5.41, 5.74) is 6.39. The Balaban J connectivity index is 1.27. The number of carbonyl (C=O) groups is 1. The lowest BCUT2D eigenvalue weighted by Crippen LogP contribution is -2.41. The van der Waals surface area contributed by atoms with Crippen molar-refractivity contribution < 1.29 is 4.79 Å². The summed E-state index contributed by atoms with van der Waals surface area (Å²) in [5, 5.41) is 4.22. The van der Waals surface area contributed by atoms with Crippen molar-refractivity contribution in [2.24, 2.45) is 5.92 Å². The van der Waals surface area contributed by atoms with E-state index in [-0.39, 0.29) is 5.91 Å². The maximum Gasteiger partial charge on any atom is 0.251 e. The Labute approximate surface area is 211 Å². The minimum absolute atomic E-state index is 0.0374. The maximum absolute atomic E-state index is 12.8. The first-order valence-electron chi connectivity index (χ1n) is 12.5. The summed E-state index contributed by atoms with van der Waals surface area (Å²) in [4.78, 5) is 22.0. The highest BCUT2D eigenvalue weighted by atomic mass is 32.2. The maximum atomic E-state index is 12.8. The van der Waals surface area contributed by atoms with Crippen molar-refractivity contribution in [1.82, 2.24) is 19.9 Å². The van der Waals surface area contributed by atoms with Crippen LogP contribution in [0, 0.1) is 12.8 Å². The molecule has 2 aromatic heterocycles. The van der Waals surface area contributed by atoms with Crippen LogP contribution in [0.5, 0.6) is 0 Å². The van der Waals surface area contributed by atoms with Crippen molar-refractivity contribution in [2.75, 3.05) is 0 Å². The summed E-state index contributed by atoms with van der Waals surface area (Å²) in [6.07, 6.45) is 8.44. The molecular weight excluding hydrogens is 452 g/mol. The van der Waals surface area contributed by atoms with Gasteiger partial charge in [0.25, 0.3) is 5.91 Å². The number of hydrogen-bond acceptors (Lipinski definition) is 4. The van der Waals surface area contributed by atoms with Crippen LogP contribution in [0.1, 0.15) is 59.7 Å². The smallest absolute Gasteiger partial charge is 0.251 e. The molecule has 0 unspecified atom stereocenters. The predicted molar refractivity (Wildman–Crippen MR) is 143 cm³/mol. The molecule has 1 N–H and O–H groups in total. The van der Waals surface area contributed by atoms with E-state index in [1.165, 1.54) is 36.0 Å². The van der Waals surface area contributed by atoms with Crippen LogP contribution >= 0.6 is 11.8 Å². The Morgan fingerprint density at radius 1 is 1.03 bits per heavy atom. The average molecular weight is 485 g/mol. The number of pyridine rings is 1. The van der Waals surface area contributed by atoms with Gasteiger partial charge in [-0.3, -0.25) is 9.78 Å². The summed E-state index contributed by atoms with van der Waals surface area (Å²) in [6.45, 7) is 5.10. The molecule has 4 aromatic rings.